The van der Waals surface area contributed by atoms with E-state index in [1.165, 1.54) is 36.7 Å². The van der Waals surface area contributed by atoms with E-state index in [0.717, 1.165) is 9.87 Å². The SMILES string of the molecule is CC1C(C(=O)NO)N(S(=O)(=O)c2ccc(OCc3cccc(Cl)c3)cc2)CCS1(=O)=O. The largest absolute Gasteiger partial charge is 0.489 e. The van der Waals surface area contributed by atoms with Crippen molar-refractivity contribution in [3.8, 4) is 5.75 Å². The van der Waals surface area contributed by atoms with Crippen molar-refractivity contribution in [3.63, 3.8) is 0 Å². The van der Waals surface area contributed by atoms with Crippen LogP contribution in [0.25, 0.3) is 0 Å². The minimum Gasteiger partial charge on any atom is -0.489 e. The molecule has 3 rings (SSSR count). The lowest BCUT2D eigenvalue weighted by molar-refractivity contribution is -0.133. The van der Waals surface area contributed by atoms with Crippen molar-refractivity contribution in [1.29, 1.82) is 0 Å². The lowest BCUT2D eigenvalue weighted by Crippen LogP contribution is -2.61. The highest BCUT2D eigenvalue weighted by Gasteiger charge is 2.48. The van der Waals surface area contributed by atoms with E-state index in [4.69, 9.17) is 21.5 Å². The van der Waals surface area contributed by atoms with E-state index < -0.39 is 49.4 Å². The van der Waals surface area contributed by atoms with Crippen molar-refractivity contribution in [2.24, 2.45) is 0 Å². The van der Waals surface area contributed by atoms with Crippen molar-refractivity contribution >= 4 is 37.4 Å². The summed E-state index contributed by atoms with van der Waals surface area (Å²) < 4.78 is 57.0. The van der Waals surface area contributed by atoms with E-state index in [-0.39, 0.29) is 11.5 Å². The van der Waals surface area contributed by atoms with Crippen LogP contribution >= 0.6 is 11.6 Å². The van der Waals surface area contributed by atoms with Gasteiger partial charge in [-0.2, -0.15) is 4.31 Å². The first-order valence-electron chi connectivity index (χ1n) is 9.21. The number of nitrogens with one attached hydrogen (secondary N) is 1. The van der Waals surface area contributed by atoms with Gasteiger partial charge in [0.05, 0.1) is 15.9 Å². The van der Waals surface area contributed by atoms with E-state index >= 15 is 0 Å². The highest BCUT2D eigenvalue weighted by Crippen LogP contribution is 2.28. The Bertz CT molecular complexity index is 1170. The Balaban J connectivity index is 1.81. The topological polar surface area (TPSA) is 130 Å². The van der Waals surface area contributed by atoms with Crippen LogP contribution in [0.3, 0.4) is 0 Å². The van der Waals surface area contributed by atoms with Crippen LogP contribution in [0.4, 0.5) is 0 Å². The average molecular weight is 489 g/mol. The summed E-state index contributed by atoms with van der Waals surface area (Å²) >= 11 is 5.94. The molecule has 1 aliphatic rings. The summed E-state index contributed by atoms with van der Waals surface area (Å²) in [6.07, 6.45) is 0. The monoisotopic (exact) mass is 488 g/mol. The molecular formula is C19H21ClN2O7S2. The third-order valence-corrected chi connectivity index (χ3v) is 9.29. The number of rotatable bonds is 6. The Hall–Kier alpha value is -2.18. The van der Waals surface area contributed by atoms with Crippen LogP contribution in [0.2, 0.25) is 5.02 Å². The van der Waals surface area contributed by atoms with Crippen molar-refractivity contribution in [2.75, 3.05) is 12.3 Å². The molecule has 1 saturated heterocycles. The molecule has 9 nitrogen and oxygen atoms in total. The molecule has 2 atom stereocenters. The molecule has 1 fully saturated rings. The van der Waals surface area contributed by atoms with Crippen LogP contribution in [0, 0.1) is 0 Å². The van der Waals surface area contributed by atoms with Gasteiger partial charge in [0.25, 0.3) is 5.91 Å². The van der Waals surface area contributed by atoms with Crippen LogP contribution in [-0.4, -0.2) is 55.8 Å². The molecule has 1 amide bonds. The fourth-order valence-electron chi connectivity index (χ4n) is 3.29. The molecule has 2 N–H and O–H groups in total. The predicted molar refractivity (Wildman–Crippen MR) is 113 cm³/mol. The van der Waals surface area contributed by atoms with Crippen molar-refractivity contribution < 1.29 is 31.6 Å². The zero-order chi connectivity index (χ0) is 22.8. The smallest absolute Gasteiger partial charge is 0.263 e. The number of halogens is 1. The fourth-order valence-corrected chi connectivity index (χ4v) is 6.84. The average Bonchev–Trinajstić information content (AvgIpc) is 2.73. The summed E-state index contributed by atoms with van der Waals surface area (Å²) in [5.74, 6) is -1.12. The van der Waals surface area contributed by atoms with Crippen LogP contribution in [-0.2, 0) is 31.3 Å². The number of hydrogen-bond donors (Lipinski definition) is 2. The quantitative estimate of drug-likeness (QED) is 0.466. The maximum Gasteiger partial charge on any atom is 0.263 e. The van der Waals surface area contributed by atoms with Gasteiger partial charge >= 0.3 is 0 Å². The van der Waals surface area contributed by atoms with E-state index in [1.54, 1.807) is 18.2 Å². The molecule has 0 aromatic heterocycles. The van der Waals surface area contributed by atoms with Gasteiger partial charge in [-0.15, -0.1) is 0 Å². The highest BCUT2D eigenvalue weighted by atomic mass is 35.5. The maximum atomic E-state index is 13.1. The zero-order valence-electron chi connectivity index (χ0n) is 16.4. The Morgan fingerprint density at radius 2 is 1.94 bits per heavy atom. The summed E-state index contributed by atoms with van der Waals surface area (Å²) in [6.45, 7) is 1.07. The molecule has 0 aliphatic carbocycles. The van der Waals surface area contributed by atoms with Crippen LogP contribution in [0.5, 0.6) is 5.75 Å². The van der Waals surface area contributed by atoms with E-state index in [0.29, 0.717) is 10.8 Å². The van der Waals surface area contributed by atoms with E-state index in [1.807, 2.05) is 6.07 Å². The predicted octanol–water partition coefficient (Wildman–Crippen LogP) is 1.60. The number of sulfonamides is 1. The zero-order valence-corrected chi connectivity index (χ0v) is 18.8. The van der Waals surface area contributed by atoms with Gasteiger partial charge in [0.1, 0.15) is 18.4 Å². The number of nitrogens with zero attached hydrogens (tertiary/aromatic N) is 1. The molecular weight excluding hydrogens is 468 g/mol. The number of carbonyl (C=O) groups excluding carboxylic acids is 1. The number of amides is 1. The Morgan fingerprint density at radius 1 is 1.26 bits per heavy atom. The number of hydrogen-bond acceptors (Lipinski definition) is 7. The van der Waals surface area contributed by atoms with Gasteiger partial charge in [0.15, 0.2) is 9.84 Å². The van der Waals surface area contributed by atoms with Gasteiger partial charge in [-0.25, -0.2) is 22.3 Å². The molecule has 2 aromatic carbocycles. The molecule has 12 heteroatoms. The van der Waals surface area contributed by atoms with Crippen LogP contribution in [0.15, 0.2) is 53.4 Å². The lowest BCUT2D eigenvalue weighted by Gasteiger charge is -2.36. The summed E-state index contributed by atoms with van der Waals surface area (Å²) in [7, 11) is -7.91. The summed E-state index contributed by atoms with van der Waals surface area (Å²) in [6, 6.07) is 11.1. The molecule has 0 saturated carbocycles. The third kappa shape index (κ3) is 5.01. The van der Waals surface area contributed by atoms with Gasteiger partial charge in [-0.1, -0.05) is 23.7 Å². The van der Waals surface area contributed by atoms with Gasteiger partial charge in [-0.3, -0.25) is 10.0 Å². The Kier molecular flexibility index (Phi) is 6.92. The molecule has 0 bridgehead atoms. The molecule has 2 aromatic rings. The molecule has 2 unspecified atom stereocenters. The first-order chi connectivity index (χ1) is 14.6. The van der Waals surface area contributed by atoms with Crippen molar-refractivity contribution in [3.05, 3.63) is 59.1 Å². The minimum atomic E-state index is -4.21. The standard InChI is InChI=1S/C19H21ClN2O7S2/c1-13-18(19(23)21-24)22(9-10-30(13,25)26)31(27,28)17-7-5-16(6-8-17)29-12-14-3-2-4-15(20)11-14/h2-8,11,13,18,24H,9-10,12H2,1H3,(H,21,23). The normalized spacial score (nSPS) is 21.4. The number of carbonyl (C=O) groups is 1. The number of benzene rings is 2. The lowest BCUT2D eigenvalue weighted by atomic mass is 10.2. The van der Waals surface area contributed by atoms with E-state index in [2.05, 4.69) is 0 Å². The number of hydroxylamine groups is 1. The first-order valence-corrected chi connectivity index (χ1v) is 12.7. The molecule has 0 radical (unpaired) electrons. The minimum absolute atomic E-state index is 0.134. The maximum absolute atomic E-state index is 13.1. The van der Waals surface area contributed by atoms with Gasteiger partial charge in [0.2, 0.25) is 10.0 Å². The Morgan fingerprint density at radius 3 is 2.55 bits per heavy atom. The summed E-state index contributed by atoms with van der Waals surface area (Å²) in [5, 5.41) is 8.25. The highest BCUT2D eigenvalue weighted by molar-refractivity contribution is 7.92. The third-order valence-electron chi connectivity index (χ3n) is 5.02. The Labute approximate surface area is 185 Å². The van der Waals surface area contributed by atoms with Crippen LogP contribution in [0.1, 0.15) is 12.5 Å². The van der Waals surface area contributed by atoms with Crippen molar-refractivity contribution in [1.82, 2.24) is 9.79 Å². The molecule has 0 spiro atoms. The molecule has 168 valence electrons. The van der Waals surface area contributed by atoms with Gasteiger partial charge in [-0.05, 0) is 48.9 Å². The van der Waals surface area contributed by atoms with Gasteiger partial charge in [0, 0.05) is 11.6 Å². The first kappa shape index (κ1) is 23.5. The second-order valence-corrected chi connectivity index (χ2v) is 11.8. The molecule has 1 aliphatic heterocycles. The van der Waals surface area contributed by atoms with Crippen molar-refractivity contribution in [2.45, 2.75) is 29.7 Å². The fraction of sp³-hybridized carbons (Fsp3) is 0.316. The number of sulfone groups is 1. The van der Waals surface area contributed by atoms with E-state index in [9.17, 15) is 21.6 Å². The molecule has 31 heavy (non-hydrogen) atoms. The summed E-state index contributed by atoms with van der Waals surface area (Å²) in [5.41, 5.74) is 2.20. The number of ether oxygens (including phenoxy) is 1. The summed E-state index contributed by atoms with van der Waals surface area (Å²) in [4.78, 5) is 12.0. The van der Waals surface area contributed by atoms with Gasteiger partial charge < -0.3 is 4.74 Å². The second-order valence-electron chi connectivity index (χ2n) is 7.00. The van der Waals surface area contributed by atoms with Crippen LogP contribution < -0.4 is 10.2 Å². The molecule has 1 heterocycles. The second kappa shape index (κ2) is 9.13.